The number of hydrogen-bond acceptors (Lipinski definition) is 1. The minimum atomic E-state index is -0.0415. The molecule has 3 heteroatoms. The molecule has 2 aromatic carbocycles. The highest BCUT2D eigenvalue weighted by atomic mass is 16.2. The van der Waals surface area contributed by atoms with E-state index in [0.717, 1.165) is 28.1 Å². The molecule has 106 valence electrons. The minimum absolute atomic E-state index is 0.0415. The van der Waals surface area contributed by atoms with Gasteiger partial charge in [0, 0.05) is 18.3 Å². The van der Waals surface area contributed by atoms with E-state index in [4.69, 9.17) is 0 Å². The highest BCUT2D eigenvalue weighted by Crippen LogP contribution is 2.35. The Kier molecular flexibility index (Phi) is 3.26. The van der Waals surface area contributed by atoms with Gasteiger partial charge in [0.25, 0.3) is 0 Å². The molecule has 21 heavy (non-hydrogen) atoms. The van der Waals surface area contributed by atoms with E-state index < -0.39 is 0 Å². The fraction of sp³-hybridized carbons (Fsp3) is 0.167. The molecule has 0 bridgehead atoms. The molecule has 0 saturated carbocycles. The average Bonchev–Trinajstić information content (AvgIpc) is 2.50. The molecule has 0 aliphatic carbocycles. The van der Waals surface area contributed by atoms with E-state index >= 15 is 0 Å². The summed E-state index contributed by atoms with van der Waals surface area (Å²) >= 11 is 0. The highest BCUT2D eigenvalue weighted by molar-refractivity contribution is 6.03. The zero-order chi connectivity index (χ0) is 15.0. The van der Waals surface area contributed by atoms with Gasteiger partial charge in [-0.15, -0.1) is 0 Å². The Balaban J connectivity index is 2.00. The van der Waals surface area contributed by atoms with Crippen LogP contribution in [0.4, 0.5) is 10.5 Å². The number of carbonyl (C=O) groups is 1. The van der Waals surface area contributed by atoms with Crippen molar-refractivity contribution in [3.8, 4) is 0 Å². The van der Waals surface area contributed by atoms with Gasteiger partial charge in [-0.3, -0.25) is 9.80 Å². The van der Waals surface area contributed by atoms with Gasteiger partial charge in [0.15, 0.2) is 0 Å². The summed E-state index contributed by atoms with van der Waals surface area (Å²) in [4.78, 5) is 16.0. The lowest BCUT2D eigenvalue weighted by Gasteiger charge is -2.36. The van der Waals surface area contributed by atoms with Crippen LogP contribution in [0, 0.1) is 6.92 Å². The fourth-order valence-electron chi connectivity index (χ4n) is 2.65. The summed E-state index contributed by atoms with van der Waals surface area (Å²) in [6.07, 6.45) is 0. The number of hydrogen-bond donors (Lipinski definition) is 0. The van der Waals surface area contributed by atoms with E-state index in [0.29, 0.717) is 6.54 Å². The van der Waals surface area contributed by atoms with Crippen LogP contribution in [0.3, 0.4) is 0 Å². The second-order valence-corrected chi connectivity index (χ2v) is 5.38. The van der Waals surface area contributed by atoms with E-state index in [1.54, 1.807) is 16.8 Å². The first kappa shape index (κ1) is 13.4. The van der Waals surface area contributed by atoms with Gasteiger partial charge in [-0.2, -0.15) is 0 Å². The Morgan fingerprint density at radius 2 is 1.81 bits per heavy atom. The third-order valence-electron chi connectivity index (χ3n) is 3.85. The van der Waals surface area contributed by atoms with Crippen molar-refractivity contribution in [2.45, 2.75) is 13.5 Å². The van der Waals surface area contributed by atoms with Crippen molar-refractivity contribution in [1.82, 2.24) is 4.90 Å². The minimum Gasteiger partial charge on any atom is -0.296 e. The number of amides is 2. The molecule has 3 rings (SSSR count). The molecule has 0 N–H and O–H groups in total. The lowest BCUT2D eigenvalue weighted by molar-refractivity contribution is 0.223. The number of anilines is 1. The predicted octanol–water partition coefficient (Wildman–Crippen LogP) is 4.04. The SMILES string of the molecule is C=C1c2cc(C)ccc2N(C)C(=O)N1Cc1ccccc1. The second kappa shape index (κ2) is 5.09. The molecular formula is C18H18N2O. The van der Waals surface area contributed by atoms with Crippen molar-refractivity contribution in [3.05, 3.63) is 71.8 Å². The van der Waals surface area contributed by atoms with Gasteiger partial charge in [0.2, 0.25) is 0 Å². The molecule has 2 amide bonds. The standard InChI is InChI=1S/C18H18N2O/c1-13-9-10-17-16(11-13)14(2)20(18(21)19(17)3)12-15-7-5-4-6-8-15/h4-11H,2,12H2,1,3H3. The lowest BCUT2D eigenvalue weighted by Crippen LogP contribution is -2.43. The molecule has 0 atom stereocenters. The van der Waals surface area contributed by atoms with Gasteiger partial charge in [-0.25, -0.2) is 4.79 Å². The fourth-order valence-corrected chi connectivity index (χ4v) is 2.65. The van der Waals surface area contributed by atoms with Gasteiger partial charge in [0.05, 0.1) is 12.2 Å². The van der Waals surface area contributed by atoms with Crippen molar-refractivity contribution >= 4 is 17.4 Å². The van der Waals surface area contributed by atoms with Crippen LogP contribution < -0.4 is 4.90 Å². The molecule has 1 heterocycles. The lowest BCUT2D eigenvalue weighted by atomic mass is 10.0. The largest absolute Gasteiger partial charge is 0.329 e. The predicted molar refractivity (Wildman–Crippen MR) is 86.0 cm³/mol. The van der Waals surface area contributed by atoms with Crippen LogP contribution in [-0.2, 0) is 6.54 Å². The zero-order valence-corrected chi connectivity index (χ0v) is 12.3. The van der Waals surface area contributed by atoms with Crippen molar-refractivity contribution in [3.63, 3.8) is 0 Å². The summed E-state index contributed by atoms with van der Waals surface area (Å²) < 4.78 is 0. The van der Waals surface area contributed by atoms with Crippen molar-refractivity contribution in [2.24, 2.45) is 0 Å². The molecule has 0 spiro atoms. The van der Waals surface area contributed by atoms with E-state index in [-0.39, 0.29) is 6.03 Å². The molecule has 0 radical (unpaired) electrons. The Hall–Kier alpha value is -2.55. The Bertz CT molecular complexity index is 706. The summed E-state index contributed by atoms with van der Waals surface area (Å²) in [6.45, 7) is 6.72. The number of carbonyl (C=O) groups excluding carboxylic acids is 1. The van der Waals surface area contributed by atoms with Gasteiger partial charge in [0.1, 0.15) is 0 Å². The number of nitrogens with zero attached hydrogens (tertiary/aromatic N) is 2. The van der Waals surface area contributed by atoms with Crippen molar-refractivity contribution < 1.29 is 4.79 Å². The van der Waals surface area contributed by atoms with E-state index in [2.05, 4.69) is 12.6 Å². The van der Waals surface area contributed by atoms with Gasteiger partial charge < -0.3 is 0 Å². The van der Waals surface area contributed by atoms with Crippen LogP contribution in [-0.4, -0.2) is 18.0 Å². The normalized spacial score (nSPS) is 14.4. The zero-order valence-electron chi connectivity index (χ0n) is 12.3. The Labute approximate surface area is 125 Å². The smallest absolute Gasteiger partial charge is 0.296 e. The summed E-state index contributed by atoms with van der Waals surface area (Å²) in [5.41, 5.74) is 4.96. The van der Waals surface area contributed by atoms with Crippen LogP contribution in [0.2, 0.25) is 0 Å². The molecular weight excluding hydrogens is 260 g/mol. The number of urea groups is 1. The van der Waals surface area contributed by atoms with Crippen LogP contribution in [0.15, 0.2) is 55.1 Å². The molecule has 1 aliphatic rings. The Morgan fingerprint density at radius 3 is 2.52 bits per heavy atom. The molecule has 1 aliphatic heterocycles. The number of benzene rings is 2. The third kappa shape index (κ3) is 2.31. The third-order valence-corrected chi connectivity index (χ3v) is 3.85. The quantitative estimate of drug-likeness (QED) is 0.813. The molecule has 0 unspecified atom stereocenters. The maximum absolute atomic E-state index is 12.6. The van der Waals surface area contributed by atoms with E-state index in [9.17, 15) is 4.79 Å². The molecule has 0 saturated heterocycles. The molecule has 0 aromatic heterocycles. The van der Waals surface area contributed by atoms with Crippen LogP contribution >= 0.6 is 0 Å². The van der Waals surface area contributed by atoms with E-state index in [1.807, 2.05) is 49.4 Å². The van der Waals surface area contributed by atoms with E-state index in [1.165, 1.54) is 0 Å². The first-order valence-corrected chi connectivity index (χ1v) is 6.97. The van der Waals surface area contributed by atoms with Crippen LogP contribution in [0.1, 0.15) is 16.7 Å². The number of fused-ring (bicyclic) bond motifs is 1. The van der Waals surface area contributed by atoms with Crippen LogP contribution in [0.5, 0.6) is 0 Å². The first-order chi connectivity index (χ1) is 10.1. The second-order valence-electron chi connectivity index (χ2n) is 5.38. The molecule has 2 aromatic rings. The summed E-state index contributed by atoms with van der Waals surface area (Å²) in [7, 11) is 1.81. The number of aryl methyl sites for hydroxylation is 1. The van der Waals surface area contributed by atoms with Gasteiger partial charge in [-0.1, -0.05) is 48.5 Å². The monoisotopic (exact) mass is 278 g/mol. The Morgan fingerprint density at radius 1 is 1.10 bits per heavy atom. The van der Waals surface area contributed by atoms with Gasteiger partial charge in [-0.05, 0) is 24.6 Å². The average molecular weight is 278 g/mol. The maximum Gasteiger partial charge on any atom is 0.329 e. The maximum atomic E-state index is 12.6. The highest BCUT2D eigenvalue weighted by Gasteiger charge is 2.30. The summed E-state index contributed by atoms with van der Waals surface area (Å²) in [6, 6.07) is 16.0. The number of rotatable bonds is 2. The van der Waals surface area contributed by atoms with Crippen molar-refractivity contribution in [1.29, 1.82) is 0 Å². The molecule has 3 nitrogen and oxygen atoms in total. The summed E-state index contributed by atoms with van der Waals surface area (Å²) in [5, 5.41) is 0. The van der Waals surface area contributed by atoms with Gasteiger partial charge >= 0.3 is 6.03 Å². The molecule has 0 fully saturated rings. The summed E-state index contributed by atoms with van der Waals surface area (Å²) in [5.74, 6) is 0. The topological polar surface area (TPSA) is 23.6 Å². The first-order valence-electron chi connectivity index (χ1n) is 6.97. The van der Waals surface area contributed by atoms with Crippen LogP contribution in [0.25, 0.3) is 5.70 Å². The van der Waals surface area contributed by atoms with Crippen molar-refractivity contribution in [2.75, 3.05) is 11.9 Å².